The lowest BCUT2D eigenvalue weighted by Crippen LogP contribution is -2.24. The Morgan fingerprint density at radius 1 is 1.50 bits per heavy atom. The van der Waals surface area contributed by atoms with E-state index in [9.17, 15) is 10.1 Å². The highest BCUT2D eigenvalue weighted by atomic mass is 16.5. The van der Waals surface area contributed by atoms with Crippen molar-refractivity contribution < 1.29 is 14.3 Å². The van der Waals surface area contributed by atoms with Gasteiger partial charge in [-0.2, -0.15) is 5.26 Å². The molecule has 1 aliphatic rings. The van der Waals surface area contributed by atoms with Crippen molar-refractivity contribution in [2.24, 2.45) is 0 Å². The zero-order chi connectivity index (χ0) is 13.0. The van der Waals surface area contributed by atoms with E-state index in [-0.39, 0.29) is 5.97 Å². The predicted molar refractivity (Wildman–Crippen MR) is 65.1 cm³/mol. The molecule has 1 atom stereocenters. The van der Waals surface area contributed by atoms with Crippen molar-refractivity contribution in [3.8, 4) is 6.07 Å². The Kier molecular flexibility index (Phi) is 3.63. The molecule has 1 fully saturated rings. The minimum Gasteiger partial charge on any atom is -0.462 e. The number of carbonyl (C=O) groups is 1. The molecule has 18 heavy (non-hydrogen) atoms. The van der Waals surface area contributed by atoms with Gasteiger partial charge in [-0.1, -0.05) is 12.1 Å². The van der Waals surface area contributed by atoms with E-state index in [1.807, 2.05) is 12.1 Å². The summed E-state index contributed by atoms with van der Waals surface area (Å²) in [6.07, 6.45) is 0.697. The molecule has 1 aromatic carbocycles. The molecule has 1 unspecified atom stereocenters. The molecule has 0 amide bonds. The summed E-state index contributed by atoms with van der Waals surface area (Å²) in [4.78, 5) is 11.5. The molecule has 4 nitrogen and oxygen atoms in total. The molecule has 4 heteroatoms. The van der Waals surface area contributed by atoms with Crippen LogP contribution in [-0.2, 0) is 14.9 Å². The van der Waals surface area contributed by atoms with Crippen LogP contribution in [0.25, 0.3) is 0 Å². The standard InChI is InChI=1S/C14H15NO3/c1-2-18-13(16)11-3-5-12(6-4-11)14(9-15)7-8-17-10-14/h3-6H,2,7-8,10H2,1H3. The fourth-order valence-electron chi connectivity index (χ4n) is 2.09. The molecule has 0 saturated carbocycles. The Morgan fingerprint density at radius 3 is 2.72 bits per heavy atom. The molecule has 0 aromatic heterocycles. The molecule has 1 aromatic rings. The van der Waals surface area contributed by atoms with Gasteiger partial charge in [-0.05, 0) is 31.0 Å². The molecule has 2 rings (SSSR count). The van der Waals surface area contributed by atoms with Gasteiger partial charge in [-0.25, -0.2) is 4.79 Å². The van der Waals surface area contributed by atoms with Gasteiger partial charge < -0.3 is 9.47 Å². The number of hydrogen-bond acceptors (Lipinski definition) is 4. The zero-order valence-electron chi connectivity index (χ0n) is 10.3. The number of benzene rings is 1. The predicted octanol–water partition coefficient (Wildman–Crippen LogP) is 2.04. The molecular formula is C14H15NO3. The van der Waals surface area contributed by atoms with Gasteiger partial charge in [0.05, 0.1) is 24.8 Å². The molecule has 94 valence electrons. The topological polar surface area (TPSA) is 59.3 Å². The summed E-state index contributed by atoms with van der Waals surface area (Å²) in [5.41, 5.74) is 0.843. The van der Waals surface area contributed by atoms with Crippen LogP contribution in [0.2, 0.25) is 0 Å². The maximum atomic E-state index is 11.5. The van der Waals surface area contributed by atoms with Crippen molar-refractivity contribution >= 4 is 5.97 Å². The molecule has 1 aliphatic heterocycles. The summed E-state index contributed by atoms with van der Waals surface area (Å²) < 4.78 is 10.2. The Labute approximate surface area is 106 Å². The summed E-state index contributed by atoms with van der Waals surface area (Å²) in [6, 6.07) is 9.34. The van der Waals surface area contributed by atoms with Gasteiger partial charge in [0.15, 0.2) is 0 Å². The van der Waals surface area contributed by atoms with Gasteiger partial charge in [0.2, 0.25) is 0 Å². The van der Waals surface area contributed by atoms with Crippen molar-refractivity contribution in [2.45, 2.75) is 18.8 Å². The van der Waals surface area contributed by atoms with Gasteiger partial charge in [0.1, 0.15) is 5.41 Å². The normalized spacial score (nSPS) is 22.4. The summed E-state index contributed by atoms with van der Waals surface area (Å²) >= 11 is 0. The van der Waals surface area contributed by atoms with Gasteiger partial charge in [-0.15, -0.1) is 0 Å². The van der Waals surface area contributed by atoms with E-state index >= 15 is 0 Å². The Morgan fingerprint density at radius 2 is 2.22 bits per heavy atom. The Hall–Kier alpha value is -1.86. The van der Waals surface area contributed by atoms with Crippen LogP contribution in [0.3, 0.4) is 0 Å². The molecule has 1 heterocycles. The number of nitriles is 1. The first-order valence-electron chi connectivity index (χ1n) is 5.98. The molecule has 0 N–H and O–H groups in total. The minimum absolute atomic E-state index is 0.335. The molecule has 0 aliphatic carbocycles. The maximum Gasteiger partial charge on any atom is 0.338 e. The van der Waals surface area contributed by atoms with E-state index < -0.39 is 5.41 Å². The Balaban J connectivity index is 2.22. The summed E-state index contributed by atoms with van der Waals surface area (Å²) in [5, 5.41) is 9.31. The number of ether oxygens (including phenoxy) is 2. The monoisotopic (exact) mass is 245 g/mol. The smallest absolute Gasteiger partial charge is 0.338 e. The van der Waals surface area contributed by atoms with Gasteiger partial charge in [0, 0.05) is 6.61 Å². The SMILES string of the molecule is CCOC(=O)c1ccc(C2(C#N)CCOC2)cc1. The minimum atomic E-state index is -0.562. The fourth-order valence-corrected chi connectivity index (χ4v) is 2.09. The van der Waals surface area contributed by atoms with Crippen molar-refractivity contribution in [2.75, 3.05) is 19.8 Å². The maximum absolute atomic E-state index is 11.5. The van der Waals surface area contributed by atoms with Crippen LogP contribution in [0.5, 0.6) is 0 Å². The number of rotatable bonds is 3. The van der Waals surface area contributed by atoms with E-state index in [1.54, 1.807) is 19.1 Å². The third-order valence-corrected chi connectivity index (χ3v) is 3.18. The number of hydrogen-bond donors (Lipinski definition) is 0. The Bertz CT molecular complexity index is 467. The molecule has 0 radical (unpaired) electrons. The van der Waals surface area contributed by atoms with Gasteiger partial charge in [0.25, 0.3) is 0 Å². The third-order valence-electron chi connectivity index (χ3n) is 3.18. The number of nitrogens with zero attached hydrogens (tertiary/aromatic N) is 1. The van der Waals surface area contributed by atoms with Crippen LogP contribution in [0.15, 0.2) is 24.3 Å². The highest BCUT2D eigenvalue weighted by Crippen LogP contribution is 2.32. The first-order valence-corrected chi connectivity index (χ1v) is 5.98. The van der Waals surface area contributed by atoms with Crippen LogP contribution < -0.4 is 0 Å². The quantitative estimate of drug-likeness (QED) is 0.765. The van der Waals surface area contributed by atoms with Crippen LogP contribution in [0.1, 0.15) is 29.3 Å². The van der Waals surface area contributed by atoms with E-state index in [2.05, 4.69) is 6.07 Å². The largest absolute Gasteiger partial charge is 0.462 e. The summed E-state index contributed by atoms with van der Waals surface area (Å²) in [6.45, 7) is 3.15. The van der Waals surface area contributed by atoms with E-state index in [4.69, 9.17) is 9.47 Å². The second kappa shape index (κ2) is 5.19. The highest BCUT2D eigenvalue weighted by molar-refractivity contribution is 5.89. The average molecular weight is 245 g/mol. The highest BCUT2D eigenvalue weighted by Gasteiger charge is 2.36. The second-order valence-corrected chi connectivity index (χ2v) is 4.29. The van der Waals surface area contributed by atoms with Gasteiger partial charge in [-0.3, -0.25) is 0 Å². The van der Waals surface area contributed by atoms with Crippen molar-refractivity contribution in [3.63, 3.8) is 0 Å². The zero-order valence-corrected chi connectivity index (χ0v) is 10.3. The summed E-state index contributed by atoms with van der Waals surface area (Å²) in [7, 11) is 0. The lowest BCUT2D eigenvalue weighted by atomic mass is 9.81. The lowest BCUT2D eigenvalue weighted by Gasteiger charge is -2.18. The van der Waals surface area contributed by atoms with Crippen LogP contribution in [-0.4, -0.2) is 25.8 Å². The third kappa shape index (κ3) is 2.22. The van der Waals surface area contributed by atoms with Crippen molar-refractivity contribution in [1.82, 2.24) is 0 Å². The first-order chi connectivity index (χ1) is 8.72. The van der Waals surface area contributed by atoms with E-state index in [0.717, 1.165) is 5.56 Å². The molecule has 1 saturated heterocycles. The first kappa shape index (κ1) is 12.6. The number of carbonyl (C=O) groups excluding carboxylic acids is 1. The van der Waals surface area contributed by atoms with Gasteiger partial charge >= 0.3 is 5.97 Å². The molecule has 0 bridgehead atoms. The van der Waals surface area contributed by atoms with Crippen molar-refractivity contribution in [3.05, 3.63) is 35.4 Å². The van der Waals surface area contributed by atoms with Crippen molar-refractivity contribution in [1.29, 1.82) is 5.26 Å². The summed E-state index contributed by atoms with van der Waals surface area (Å²) in [5.74, 6) is -0.335. The average Bonchev–Trinajstić information content (AvgIpc) is 2.89. The van der Waals surface area contributed by atoms with E-state index in [0.29, 0.717) is 31.8 Å². The number of esters is 1. The fraction of sp³-hybridized carbons (Fsp3) is 0.429. The van der Waals surface area contributed by atoms with Crippen LogP contribution in [0.4, 0.5) is 0 Å². The molecular weight excluding hydrogens is 230 g/mol. The molecule has 0 spiro atoms. The van der Waals surface area contributed by atoms with E-state index in [1.165, 1.54) is 0 Å². The van der Waals surface area contributed by atoms with Crippen LogP contribution in [0, 0.1) is 11.3 Å². The second-order valence-electron chi connectivity index (χ2n) is 4.29. The lowest BCUT2D eigenvalue weighted by molar-refractivity contribution is 0.0526. The van der Waals surface area contributed by atoms with Crippen LogP contribution >= 0.6 is 0 Å².